The lowest BCUT2D eigenvalue weighted by Crippen LogP contribution is -1.98. The molecule has 9 aromatic carbocycles. The van der Waals surface area contributed by atoms with Crippen LogP contribution in [0.15, 0.2) is 194 Å². The molecule has 2 nitrogen and oxygen atoms in total. The lowest BCUT2D eigenvalue weighted by molar-refractivity contribution is 1.19. The molecule has 11 rings (SSSR count). The van der Waals surface area contributed by atoms with E-state index in [0.29, 0.717) is 5.82 Å². The van der Waals surface area contributed by atoms with E-state index in [-0.39, 0.29) is 0 Å². The molecule has 0 saturated heterocycles. The van der Waals surface area contributed by atoms with Gasteiger partial charge in [-0.05, 0) is 78.8 Å². The van der Waals surface area contributed by atoms with Crippen LogP contribution in [0.3, 0.4) is 0 Å². The first-order valence-electron chi connectivity index (χ1n) is 18.6. The molecule has 0 bridgehead atoms. The molecule has 2 aromatic heterocycles. The van der Waals surface area contributed by atoms with Crippen LogP contribution in [-0.2, 0) is 0 Å². The second kappa shape index (κ2) is 12.9. The lowest BCUT2D eigenvalue weighted by atomic mass is 9.92. The molecule has 0 aliphatic rings. The van der Waals surface area contributed by atoms with E-state index in [4.69, 9.17) is 9.97 Å². The Balaban J connectivity index is 1.14. The lowest BCUT2D eigenvalue weighted by Gasteiger charge is -2.15. The first kappa shape index (κ1) is 31.6. The van der Waals surface area contributed by atoms with Gasteiger partial charge in [-0.1, -0.05) is 170 Å². The predicted octanol–water partition coefficient (Wildman–Crippen LogP) is 14.6. The van der Waals surface area contributed by atoms with Gasteiger partial charge in [-0.15, -0.1) is 11.3 Å². The van der Waals surface area contributed by atoms with Gasteiger partial charge in [0.25, 0.3) is 0 Å². The van der Waals surface area contributed by atoms with E-state index >= 15 is 0 Å². The molecule has 0 amide bonds. The predicted molar refractivity (Wildman–Crippen MR) is 235 cm³/mol. The maximum atomic E-state index is 5.47. The van der Waals surface area contributed by atoms with Crippen molar-refractivity contribution < 1.29 is 0 Å². The molecule has 2 heterocycles. The third kappa shape index (κ3) is 5.40. The SMILES string of the molecule is c1ccc(-c2ccc(-c3cc(-c4cccc(-c5cccc6c5sc5ccccc56)c4)nc(-c4c5ccccc5cc5c4ccc4ccccc45)n3)cc2)cc1. The quantitative estimate of drug-likeness (QED) is 0.131. The fraction of sp³-hybridized carbons (Fsp3) is 0. The third-order valence-electron chi connectivity index (χ3n) is 10.9. The smallest absolute Gasteiger partial charge is 0.161 e. The summed E-state index contributed by atoms with van der Waals surface area (Å²) in [5.74, 6) is 0.716. The summed E-state index contributed by atoms with van der Waals surface area (Å²) in [6.07, 6.45) is 0. The van der Waals surface area contributed by atoms with Gasteiger partial charge in [-0.25, -0.2) is 9.97 Å². The number of nitrogens with zero attached hydrogens (tertiary/aromatic N) is 2. The summed E-state index contributed by atoms with van der Waals surface area (Å²) in [5.41, 5.74) is 9.70. The van der Waals surface area contributed by atoms with Crippen LogP contribution in [-0.4, -0.2) is 9.97 Å². The van der Waals surface area contributed by atoms with Crippen LogP contribution in [0.4, 0.5) is 0 Å². The van der Waals surface area contributed by atoms with Crippen LogP contribution in [0.5, 0.6) is 0 Å². The highest BCUT2D eigenvalue weighted by Gasteiger charge is 2.18. The molecule has 0 radical (unpaired) electrons. The summed E-state index contributed by atoms with van der Waals surface area (Å²) in [6, 6.07) is 69.7. The Bertz CT molecular complexity index is 3250. The highest BCUT2D eigenvalue weighted by atomic mass is 32.1. The largest absolute Gasteiger partial charge is 0.228 e. The van der Waals surface area contributed by atoms with E-state index in [1.165, 1.54) is 64.0 Å². The molecule has 0 atom stereocenters. The highest BCUT2D eigenvalue weighted by Crippen LogP contribution is 2.42. The topological polar surface area (TPSA) is 25.8 Å². The number of rotatable bonds is 5. The van der Waals surface area contributed by atoms with Crippen LogP contribution >= 0.6 is 11.3 Å². The summed E-state index contributed by atoms with van der Waals surface area (Å²) >= 11 is 1.86. The zero-order valence-corrected chi connectivity index (χ0v) is 30.6. The molecule has 0 fully saturated rings. The van der Waals surface area contributed by atoms with Crippen LogP contribution in [0.1, 0.15) is 0 Å². The molecule has 55 heavy (non-hydrogen) atoms. The zero-order chi connectivity index (χ0) is 36.3. The second-order valence-electron chi connectivity index (χ2n) is 14.1. The molecular formula is C52H32N2S. The van der Waals surface area contributed by atoms with Gasteiger partial charge >= 0.3 is 0 Å². The fourth-order valence-corrected chi connectivity index (χ4v) is 9.44. The van der Waals surface area contributed by atoms with E-state index in [2.05, 4.69) is 194 Å². The summed E-state index contributed by atoms with van der Waals surface area (Å²) in [5, 5.41) is 9.69. The van der Waals surface area contributed by atoms with Crippen molar-refractivity contribution in [3.8, 4) is 56.2 Å². The highest BCUT2D eigenvalue weighted by molar-refractivity contribution is 7.26. The minimum absolute atomic E-state index is 0.716. The maximum Gasteiger partial charge on any atom is 0.161 e. The van der Waals surface area contributed by atoms with Crippen molar-refractivity contribution in [2.75, 3.05) is 0 Å². The van der Waals surface area contributed by atoms with Crippen LogP contribution in [0.2, 0.25) is 0 Å². The van der Waals surface area contributed by atoms with Gasteiger partial charge < -0.3 is 0 Å². The van der Waals surface area contributed by atoms with Gasteiger partial charge in [0.05, 0.1) is 11.4 Å². The van der Waals surface area contributed by atoms with E-state index in [1.807, 2.05) is 11.3 Å². The number of hydrogen-bond donors (Lipinski definition) is 0. The number of aromatic nitrogens is 2. The number of thiophene rings is 1. The van der Waals surface area contributed by atoms with Crippen molar-refractivity contribution in [1.29, 1.82) is 0 Å². The fourth-order valence-electron chi connectivity index (χ4n) is 8.20. The zero-order valence-electron chi connectivity index (χ0n) is 29.8. The Hall–Kier alpha value is -6.94. The second-order valence-corrected chi connectivity index (χ2v) is 15.2. The average Bonchev–Trinajstić information content (AvgIpc) is 3.65. The number of benzene rings is 9. The monoisotopic (exact) mass is 716 g/mol. The molecule has 256 valence electrons. The Morgan fingerprint density at radius 3 is 1.80 bits per heavy atom. The van der Waals surface area contributed by atoms with Crippen LogP contribution in [0.25, 0.3) is 109 Å². The molecule has 0 N–H and O–H groups in total. The third-order valence-corrected chi connectivity index (χ3v) is 12.1. The van der Waals surface area contributed by atoms with Gasteiger partial charge in [0.2, 0.25) is 0 Å². The standard InChI is InChI=1S/C52H32N2S/c1-2-12-33(13-3-1)34-24-26-36(27-25-34)47-32-48(39-17-10-16-37(30-39)42-21-11-22-45-43-20-8-9-23-49(43)55-51(42)45)54-52(53-47)50-41-19-7-5-15-38(41)31-46-40-18-6-4-14-35(40)28-29-44(46)50/h1-32H. The van der Waals surface area contributed by atoms with Crippen molar-refractivity contribution in [1.82, 2.24) is 9.97 Å². The molecule has 0 aliphatic heterocycles. The minimum atomic E-state index is 0.716. The average molecular weight is 717 g/mol. The van der Waals surface area contributed by atoms with E-state index in [1.54, 1.807) is 0 Å². The first-order chi connectivity index (χ1) is 27.2. The maximum absolute atomic E-state index is 5.47. The van der Waals surface area contributed by atoms with Crippen molar-refractivity contribution >= 4 is 63.8 Å². The molecule has 11 aromatic rings. The minimum Gasteiger partial charge on any atom is -0.228 e. The van der Waals surface area contributed by atoms with Crippen molar-refractivity contribution in [2.45, 2.75) is 0 Å². The number of fused-ring (bicyclic) bond motifs is 7. The summed E-state index contributed by atoms with van der Waals surface area (Å²) in [7, 11) is 0. The molecule has 0 saturated carbocycles. The summed E-state index contributed by atoms with van der Waals surface area (Å²) in [6.45, 7) is 0. The molecule has 3 heteroatoms. The van der Waals surface area contributed by atoms with Gasteiger partial charge in [0.1, 0.15) is 0 Å². The van der Waals surface area contributed by atoms with Crippen molar-refractivity contribution in [3.63, 3.8) is 0 Å². The normalized spacial score (nSPS) is 11.6. The molecule has 0 unspecified atom stereocenters. The van der Waals surface area contributed by atoms with Crippen LogP contribution in [0, 0.1) is 0 Å². The van der Waals surface area contributed by atoms with Gasteiger partial charge in [0, 0.05) is 36.9 Å². The van der Waals surface area contributed by atoms with E-state index in [9.17, 15) is 0 Å². The molecule has 0 spiro atoms. The Morgan fingerprint density at radius 2 is 0.945 bits per heavy atom. The van der Waals surface area contributed by atoms with Gasteiger partial charge in [-0.2, -0.15) is 0 Å². The van der Waals surface area contributed by atoms with E-state index in [0.717, 1.165) is 38.9 Å². The Labute approximate surface area is 322 Å². The molecular weight excluding hydrogens is 685 g/mol. The number of hydrogen-bond acceptors (Lipinski definition) is 3. The van der Waals surface area contributed by atoms with E-state index < -0.39 is 0 Å². The Kier molecular flexibility index (Phi) is 7.39. The molecule has 0 aliphatic carbocycles. The Morgan fingerprint density at radius 1 is 0.327 bits per heavy atom. The van der Waals surface area contributed by atoms with Crippen molar-refractivity contribution in [2.24, 2.45) is 0 Å². The van der Waals surface area contributed by atoms with Gasteiger partial charge in [-0.3, -0.25) is 0 Å². The first-order valence-corrected chi connectivity index (χ1v) is 19.5. The summed E-state index contributed by atoms with van der Waals surface area (Å²) < 4.78 is 2.61. The van der Waals surface area contributed by atoms with Crippen LogP contribution < -0.4 is 0 Å². The summed E-state index contributed by atoms with van der Waals surface area (Å²) in [4.78, 5) is 10.9. The van der Waals surface area contributed by atoms with Crippen molar-refractivity contribution in [3.05, 3.63) is 194 Å². The van der Waals surface area contributed by atoms with Gasteiger partial charge in [0.15, 0.2) is 5.82 Å².